The molecule has 0 spiro atoms. The van der Waals surface area contributed by atoms with Gasteiger partial charge in [-0.1, -0.05) is 13.8 Å². The van der Waals surface area contributed by atoms with Gasteiger partial charge in [0.1, 0.15) is 0 Å². The van der Waals surface area contributed by atoms with Gasteiger partial charge in [-0.05, 0) is 47.0 Å². The molecule has 0 bridgehead atoms. The number of hydrogen-bond donors (Lipinski definition) is 1. The number of aryl methyl sites for hydroxylation is 1. The molecule has 1 unspecified atom stereocenters. The van der Waals surface area contributed by atoms with Crippen molar-refractivity contribution in [3.63, 3.8) is 0 Å². The first kappa shape index (κ1) is 14.5. The van der Waals surface area contributed by atoms with Crippen LogP contribution in [-0.4, -0.2) is 33.9 Å². The van der Waals surface area contributed by atoms with Crippen LogP contribution in [0.5, 0.6) is 0 Å². The smallest absolute Gasteiger partial charge is 0.182 e. The summed E-state index contributed by atoms with van der Waals surface area (Å²) in [4.78, 5) is 0. The lowest BCUT2D eigenvalue weighted by atomic mass is 10.0. The minimum Gasteiger partial charge on any atom is -0.399 e. The predicted molar refractivity (Wildman–Crippen MR) is 78.2 cm³/mol. The average Bonchev–Trinajstić information content (AvgIpc) is 2.83. The normalized spacial score (nSPS) is 12.8. The summed E-state index contributed by atoms with van der Waals surface area (Å²) in [6.07, 6.45) is 0. The van der Waals surface area contributed by atoms with Crippen molar-refractivity contribution < 1.29 is 4.74 Å². The molecule has 0 saturated heterocycles. The second-order valence-corrected chi connectivity index (χ2v) is 5.35. The lowest BCUT2D eigenvalue weighted by Gasteiger charge is -2.21. The van der Waals surface area contributed by atoms with Crippen molar-refractivity contribution in [2.24, 2.45) is 5.92 Å². The molecule has 2 N–H and O–H groups in total. The lowest BCUT2D eigenvalue weighted by molar-refractivity contribution is 0.126. The fourth-order valence-corrected chi connectivity index (χ4v) is 2.27. The first-order valence-corrected chi connectivity index (χ1v) is 6.67. The highest BCUT2D eigenvalue weighted by Gasteiger charge is 2.21. The Bertz CT molecular complexity index is 558. The van der Waals surface area contributed by atoms with Crippen LogP contribution in [0.2, 0.25) is 0 Å². The van der Waals surface area contributed by atoms with E-state index in [0.29, 0.717) is 18.2 Å². The number of tetrazole rings is 1. The molecule has 2 aromatic rings. The summed E-state index contributed by atoms with van der Waals surface area (Å²) >= 11 is 0. The second-order valence-electron chi connectivity index (χ2n) is 5.35. The molecule has 1 aromatic carbocycles. The zero-order valence-corrected chi connectivity index (χ0v) is 12.4. The van der Waals surface area contributed by atoms with Crippen molar-refractivity contribution in [1.82, 2.24) is 20.2 Å². The van der Waals surface area contributed by atoms with Gasteiger partial charge in [-0.15, -0.1) is 5.10 Å². The highest BCUT2D eigenvalue weighted by atomic mass is 16.5. The molecule has 0 fully saturated rings. The molecule has 0 saturated carbocycles. The molecule has 20 heavy (non-hydrogen) atoms. The van der Waals surface area contributed by atoms with Gasteiger partial charge in [0.15, 0.2) is 5.82 Å². The van der Waals surface area contributed by atoms with E-state index in [1.165, 1.54) is 0 Å². The summed E-state index contributed by atoms with van der Waals surface area (Å²) in [7, 11) is 1.68. The van der Waals surface area contributed by atoms with Crippen molar-refractivity contribution in [2.75, 3.05) is 19.5 Å². The number of hydrogen-bond acceptors (Lipinski definition) is 5. The van der Waals surface area contributed by atoms with Gasteiger partial charge < -0.3 is 10.5 Å². The van der Waals surface area contributed by atoms with E-state index in [1.807, 2.05) is 29.8 Å². The van der Waals surface area contributed by atoms with Crippen molar-refractivity contribution in [1.29, 1.82) is 0 Å². The Labute approximate surface area is 118 Å². The molecule has 1 heterocycles. The lowest BCUT2D eigenvalue weighted by Crippen LogP contribution is -2.22. The predicted octanol–water partition coefficient (Wildman–Crippen LogP) is 2.07. The SMILES string of the molecule is COCC(C(C)C)n1nnnc1-c1cc(C)cc(N)c1. The molecule has 6 nitrogen and oxygen atoms in total. The van der Waals surface area contributed by atoms with Gasteiger partial charge in [-0.25, -0.2) is 4.68 Å². The average molecular weight is 275 g/mol. The van der Waals surface area contributed by atoms with Crippen LogP contribution in [0.25, 0.3) is 11.4 Å². The van der Waals surface area contributed by atoms with Gasteiger partial charge >= 0.3 is 0 Å². The third kappa shape index (κ3) is 2.96. The number of nitrogens with zero attached hydrogens (tertiary/aromatic N) is 4. The molecule has 0 aliphatic heterocycles. The van der Waals surface area contributed by atoms with Gasteiger partial charge in [-0.3, -0.25) is 0 Å². The van der Waals surface area contributed by atoms with E-state index in [2.05, 4.69) is 29.4 Å². The summed E-state index contributed by atoms with van der Waals surface area (Å²) in [5.74, 6) is 1.08. The van der Waals surface area contributed by atoms with Crippen LogP contribution in [0.15, 0.2) is 18.2 Å². The Morgan fingerprint density at radius 3 is 2.65 bits per heavy atom. The zero-order chi connectivity index (χ0) is 14.7. The molecular formula is C14H21N5O. The summed E-state index contributed by atoms with van der Waals surface area (Å²) in [5, 5.41) is 12.1. The Kier molecular flexibility index (Phi) is 4.34. The summed E-state index contributed by atoms with van der Waals surface area (Å²) in [6, 6.07) is 5.93. The highest BCUT2D eigenvalue weighted by Crippen LogP contribution is 2.26. The number of benzene rings is 1. The first-order chi connectivity index (χ1) is 9.52. The van der Waals surface area contributed by atoms with Crippen molar-refractivity contribution in [3.8, 4) is 11.4 Å². The zero-order valence-electron chi connectivity index (χ0n) is 12.4. The largest absolute Gasteiger partial charge is 0.399 e. The number of rotatable bonds is 5. The van der Waals surface area contributed by atoms with Crippen LogP contribution >= 0.6 is 0 Å². The Balaban J connectivity index is 2.46. The van der Waals surface area contributed by atoms with Crippen molar-refractivity contribution in [3.05, 3.63) is 23.8 Å². The number of nitrogen functional groups attached to an aromatic ring is 1. The van der Waals surface area contributed by atoms with E-state index in [0.717, 1.165) is 17.0 Å². The Morgan fingerprint density at radius 2 is 2.05 bits per heavy atom. The summed E-state index contributed by atoms with van der Waals surface area (Å²) in [5.41, 5.74) is 8.63. The quantitative estimate of drug-likeness (QED) is 0.845. The molecule has 0 aliphatic carbocycles. The van der Waals surface area contributed by atoms with Crippen molar-refractivity contribution in [2.45, 2.75) is 26.8 Å². The van der Waals surface area contributed by atoms with Gasteiger partial charge in [0.2, 0.25) is 0 Å². The number of aromatic nitrogens is 4. The van der Waals surface area contributed by atoms with Crippen LogP contribution in [0.3, 0.4) is 0 Å². The number of methoxy groups -OCH3 is 1. The van der Waals surface area contributed by atoms with E-state index in [4.69, 9.17) is 10.5 Å². The monoisotopic (exact) mass is 275 g/mol. The first-order valence-electron chi connectivity index (χ1n) is 6.67. The molecule has 0 aliphatic rings. The van der Waals surface area contributed by atoms with E-state index in [-0.39, 0.29) is 6.04 Å². The van der Waals surface area contributed by atoms with E-state index >= 15 is 0 Å². The molecular weight excluding hydrogens is 254 g/mol. The minimum absolute atomic E-state index is 0.0896. The second kappa shape index (κ2) is 6.00. The van der Waals surface area contributed by atoms with Crippen LogP contribution in [0.4, 0.5) is 5.69 Å². The van der Waals surface area contributed by atoms with Crippen LogP contribution in [0, 0.1) is 12.8 Å². The molecule has 0 radical (unpaired) electrons. The van der Waals surface area contributed by atoms with E-state index < -0.39 is 0 Å². The fourth-order valence-electron chi connectivity index (χ4n) is 2.27. The molecule has 2 rings (SSSR count). The number of nitrogens with two attached hydrogens (primary N) is 1. The minimum atomic E-state index is 0.0896. The van der Waals surface area contributed by atoms with Crippen LogP contribution in [0.1, 0.15) is 25.5 Å². The van der Waals surface area contributed by atoms with E-state index in [1.54, 1.807) is 7.11 Å². The maximum Gasteiger partial charge on any atom is 0.182 e. The molecule has 1 aromatic heterocycles. The summed E-state index contributed by atoms with van der Waals surface area (Å²) < 4.78 is 7.11. The maximum atomic E-state index is 5.91. The highest BCUT2D eigenvalue weighted by molar-refractivity contribution is 5.62. The third-order valence-corrected chi connectivity index (χ3v) is 3.27. The number of ether oxygens (including phenoxy) is 1. The van der Waals surface area contributed by atoms with Crippen LogP contribution < -0.4 is 5.73 Å². The molecule has 1 atom stereocenters. The Hall–Kier alpha value is -1.95. The van der Waals surface area contributed by atoms with Crippen molar-refractivity contribution >= 4 is 5.69 Å². The molecule has 0 amide bonds. The van der Waals surface area contributed by atoms with E-state index in [9.17, 15) is 0 Å². The third-order valence-electron chi connectivity index (χ3n) is 3.27. The fraction of sp³-hybridized carbons (Fsp3) is 0.500. The topological polar surface area (TPSA) is 78.8 Å². The van der Waals surface area contributed by atoms with Gasteiger partial charge in [0, 0.05) is 18.4 Å². The summed E-state index contributed by atoms with van der Waals surface area (Å²) in [6.45, 7) is 6.82. The number of anilines is 1. The van der Waals surface area contributed by atoms with Gasteiger partial charge in [0.25, 0.3) is 0 Å². The Morgan fingerprint density at radius 1 is 1.30 bits per heavy atom. The van der Waals surface area contributed by atoms with Crippen LogP contribution in [-0.2, 0) is 4.74 Å². The maximum absolute atomic E-state index is 5.91. The molecule has 6 heteroatoms. The standard InChI is InChI=1S/C14H21N5O/c1-9(2)13(8-20-4)19-14(16-17-18-19)11-5-10(3)6-12(15)7-11/h5-7,9,13H,8,15H2,1-4H3. The molecule has 108 valence electrons. The van der Waals surface area contributed by atoms with Gasteiger partial charge in [-0.2, -0.15) is 0 Å². The van der Waals surface area contributed by atoms with Gasteiger partial charge in [0.05, 0.1) is 12.6 Å².